The van der Waals surface area contributed by atoms with Gasteiger partial charge >= 0.3 is 6.18 Å². The molecule has 0 radical (unpaired) electrons. The summed E-state index contributed by atoms with van der Waals surface area (Å²) in [6, 6.07) is 7.20. The number of ether oxygens (including phenoxy) is 1. The lowest BCUT2D eigenvalue weighted by Crippen LogP contribution is -2.25. The summed E-state index contributed by atoms with van der Waals surface area (Å²) in [4.78, 5) is 10.0. The smallest absolute Gasteiger partial charge is 0.421 e. The highest BCUT2D eigenvalue weighted by Crippen LogP contribution is 2.38. The van der Waals surface area contributed by atoms with Gasteiger partial charge in [0.05, 0.1) is 17.7 Å². The monoisotopic (exact) mass is 413 g/mol. The van der Waals surface area contributed by atoms with Crippen LogP contribution in [0.2, 0.25) is 0 Å². The van der Waals surface area contributed by atoms with Crippen LogP contribution in [-0.4, -0.2) is 17.9 Å². The van der Waals surface area contributed by atoms with Gasteiger partial charge < -0.3 is 9.64 Å². The number of nitrogens with zero attached hydrogens (tertiary/aromatic N) is 3. The van der Waals surface area contributed by atoms with Gasteiger partial charge in [-0.3, -0.25) is 0 Å². The zero-order valence-corrected chi connectivity index (χ0v) is 16.8. The van der Waals surface area contributed by atoms with Gasteiger partial charge in [0.25, 0.3) is 0 Å². The summed E-state index contributed by atoms with van der Waals surface area (Å²) in [5.74, 6) is -0.254. The molecule has 0 unspecified atom stereocenters. The maximum Gasteiger partial charge on any atom is 0.421 e. The summed E-state index contributed by atoms with van der Waals surface area (Å²) in [5, 5.41) is 0. The number of fused-ring (bicyclic) bond motifs is 1. The fraction of sp³-hybridized carbons (Fsp3) is 0.217. The predicted molar refractivity (Wildman–Crippen MR) is 114 cm³/mol. The number of hydrogen-bond donors (Lipinski definition) is 0. The normalized spacial score (nSPS) is 13.5. The summed E-state index contributed by atoms with van der Waals surface area (Å²) >= 11 is 0. The van der Waals surface area contributed by atoms with Gasteiger partial charge in [-0.2, -0.15) is 13.2 Å². The van der Waals surface area contributed by atoms with Crippen LogP contribution in [0.1, 0.15) is 31.4 Å². The minimum Gasteiger partial charge on any atom is -0.438 e. The molecule has 0 spiro atoms. The predicted octanol–water partition coefficient (Wildman–Crippen LogP) is 6.62. The van der Waals surface area contributed by atoms with Crippen molar-refractivity contribution in [2.24, 2.45) is 4.99 Å². The molecule has 2 aromatic rings. The van der Waals surface area contributed by atoms with E-state index in [4.69, 9.17) is 4.74 Å². The number of alkyl halides is 3. The highest BCUT2D eigenvalue weighted by Gasteiger charge is 2.35. The Kier molecular flexibility index (Phi) is 6.40. The lowest BCUT2D eigenvalue weighted by molar-refractivity contribution is -0.138. The molecule has 1 aromatic heterocycles. The maximum absolute atomic E-state index is 13.2. The standard InChI is InChI=1S/C23H22F3N3O/c1-16(2)8-5-4-6-13-29-15-28-17(3)19-14-18(10-11-21(19)29)30-22-20(23(24,25)26)9-7-12-27-22/h4-5,7-12,14-15H,3,6,13H2,1-2H3/b5-4+. The van der Waals surface area contributed by atoms with Gasteiger partial charge in [-0.05, 0) is 50.6 Å². The Labute approximate surface area is 173 Å². The molecular weight excluding hydrogens is 391 g/mol. The Balaban J connectivity index is 1.80. The van der Waals surface area contributed by atoms with Gasteiger partial charge in [-0.25, -0.2) is 9.98 Å². The summed E-state index contributed by atoms with van der Waals surface area (Å²) in [7, 11) is 0. The molecule has 3 rings (SSSR count). The van der Waals surface area contributed by atoms with Crippen molar-refractivity contribution in [3.8, 4) is 11.6 Å². The van der Waals surface area contributed by atoms with E-state index in [2.05, 4.69) is 22.6 Å². The average Bonchev–Trinajstić information content (AvgIpc) is 2.69. The number of halogens is 3. The molecule has 0 atom stereocenters. The molecule has 156 valence electrons. The maximum atomic E-state index is 13.2. The van der Waals surface area contributed by atoms with Crippen LogP contribution in [0.15, 0.2) is 71.9 Å². The molecule has 0 saturated carbocycles. The van der Waals surface area contributed by atoms with Crippen molar-refractivity contribution in [3.63, 3.8) is 0 Å². The van der Waals surface area contributed by atoms with Gasteiger partial charge in [0.1, 0.15) is 11.3 Å². The first-order valence-electron chi connectivity index (χ1n) is 9.40. The number of benzene rings is 1. The van der Waals surface area contributed by atoms with Crippen molar-refractivity contribution in [1.29, 1.82) is 0 Å². The number of hydrogen-bond acceptors (Lipinski definition) is 4. The highest BCUT2D eigenvalue weighted by atomic mass is 19.4. The fourth-order valence-electron chi connectivity index (χ4n) is 2.88. The number of allylic oxidation sites excluding steroid dienone is 3. The van der Waals surface area contributed by atoms with E-state index in [0.717, 1.165) is 18.2 Å². The summed E-state index contributed by atoms with van der Waals surface area (Å²) in [5.41, 5.74) is 2.39. The van der Waals surface area contributed by atoms with Crippen molar-refractivity contribution in [2.75, 3.05) is 11.4 Å². The third kappa shape index (κ3) is 5.17. The molecule has 0 amide bonds. The Morgan fingerprint density at radius 2 is 2.03 bits per heavy atom. The number of aliphatic imine (C=N–C) groups is 1. The van der Waals surface area contributed by atoms with Crippen LogP contribution < -0.4 is 9.64 Å². The Bertz CT molecular complexity index is 1020. The minimum absolute atomic E-state index is 0.236. The van der Waals surface area contributed by atoms with E-state index in [1.54, 1.807) is 24.5 Å². The zero-order valence-electron chi connectivity index (χ0n) is 16.8. The van der Waals surface area contributed by atoms with Crippen molar-refractivity contribution < 1.29 is 17.9 Å². The molecule has 4 nitrogen and oxygen atoms in total. The SMILES string of the molecule is C=C1N=CN(CC/C=C/C=C(C)C)c2ccc(Oc3ncccc3C(F)(F)F)cc21. The average molecular weight is 413 g/mol. The first-order valence-corrected chi connectivity index (χ1v) is 9.40. The van der Waals surface area contributed by atoms with Crippen LogP contribution in [0.3, 0.4) is 0 Å². The third-order valence-electron chi connectivity index (χ3n) is 4.33. The van der Waals surface area contributed by atoms with Gasteiger partial charge in [0, 0.05) is 18.3 Å². The lowest BCUT2D eigenvalue weighted by atomic mass is 10.1. The summed E-state index contributed by atoms with van der Waals surface area (Å²) < 4.78 is 45.0. The zero-order chi connectivity index (χ0) is 21.7. The lowest BCUT2D eigenvalue weighted by Gasteiger charge is -2.26. The van der Waals surface area contributed by atoms with Gasteiger partial charge in [-0.1, -0.05) is 30.4 Å². The molecule has 7 heteroatoms. The second-order valence-corrected chi connectivity index (χ2v) is 6.98. The van der Waals surface area contributed by atoms with Gasteiger partial charge in [0.2, 0.25) is 5.88 Å². The number of rotatable bonds is 6. The second-order valence-electron chi connectivity index (χ2n) is 6.98. The van der Waals surface area contributed by atoms with E-state index in [1.165, 1.54) is 17.8 Å². The fourth-order valence-corrected chi connectivity index (χ4v) is 2.88. The first kappa shape index (κ1) is 21.4. The van der Waals surface area contributed by atoms with Crippen LogP contribution >= 0.6 is 0 Å². The molecule has 1 aliphatic heterocycles. The molecular formula is C23H22F3N3O. The largest absolute Gasteiger partial charge is 0.438 e. The topological polar surface area (TPSA) is 37.7 Å². The molecule has 1 aromatic carbocycles. The van der Waals surface area contributed by atoms with Crippen molar-refractivity contribution in [1.82, 2.24) is 4.98 Å². The summed E-state index contributed by atoms with van der Waals surface area (Å²) in [6.07, 6.45) is 5.34. The molecule has 0 aliphatic carbocycles. The molecule has 1 aliphatic rings. The highest BCUT2D eigenvalue weighted by molar-refractivity contribution is 5.94. The molecule has 0 fully saturated rings. The molecule has 2 heterocycles. The molecule has 0 bridgehead atoms. The van der Waals surface area contributed by atoms with E-state index in [1.807, 2.05) is 30.9 Å². The molecule has 30 heavy (non-hydrogen) atoms. The van der Waals surface area contributed by atoms with Crippen molar-refractivity contribution in [2.45, 2.75) is 26.4 Å². The van der Waals surface area contributed by atoms with Gasteiger partial charge in [-0.15, -0.1) is 0 Å². The number of aromatic nitrogens is 1. The van der Waals surface area contributed by atoms with E-state index >= 15 is 0 Å². The number of pyridine rings is 1. The Hall–Kier alpha value is -3.35. The minimum atomic E-state index is -4.55. The number of anilines is 1. The van der Waals surface area contributed by atoms with Crippen molar-refractivity contribution >= 4 is 17.7 Å². The van der Waals surface area contributed by atoms with Crippen LogP contribution in [0.25, 0.3) is 5.70 Å². The van der Waals surface area contributed by atoms with Crippen LogP contribution in [0.4, 0.5) is 18.9 Å². The quantitative estimate of drug-likeness (QED) is 0.499. The van der Waals surface area contributed by atoms with Crippen LogP contribution in [0.5, 0.6) is 11.6 Å². The molecule has 0 saturated heterocycles. The first-order chi connectivity index (χ1) is 14.3. The second kappa shape index (κ2) is 8.98. The van der Waals surface area contributed by atoms with Crippen LogP contribution in [0, 0.1) is 0 Å². The van der Waals surface area contributed by atoms with E-state index in [9.17, 15) is 13.2 Å². The van der Waals surface area contributed by atoms with E-state index < -0.39 is 17.6 Å². The molecule has 0 N–H and O–H groups in total. The Morgan fingerprint density at radius 1 is 1.23 bits per heavy atom. The third-order valence-corrected chi connectivity index (χ3v) is 4.33. The summed E-state index contributed by atoms with van der Waals surface area (Å²) in [6.45, 7) is 8.70. The van der Waals surface area contributed by atoms with Gasteiger partial charge in [0.15, 0.2) is 0 Å². The van der Waals surface area contributed by atoms with E-state index in [0.29, 0.717) is 17.8 Å². The van der Waals surface area contributed by atoms with Crippen molar-refractivity contribution in [3.05, 3.63) is 78.0 Å². The van der Waals surface area contributed by atoms with Crippen LogP contribution in [-0.2, 0) is 6.18 Å². The van der Waals surface area contributed by atoms with E-state index in [-0.39, 0.29) is 5.75 Å². The Morgan fingerprint density at radius 3 is 2.77 bits per heavy atom.